The minimum absolute atomic E-state index is 0.00579. The van der Waals surface area contributed by atoms with Gasteiger partial charge in [-0.3, -0.25) is 4.98 Å². The molecule has 5 nitrogen and oxygen atoms in total. The van der Waals surface area contributed by atoms with Crippen molar-refractivity contribution in [1.29, 1.82) is 0 Å². The van der Waals surface area contributed by atoms with Gasteiger partial charge in [-0.2, -0.15) is 0 Å². The number of urea groups is 1. The Kier molecular flexibility index (Phi) is 5.66. The van der Waals surface area contributed by atoms with E-state index in [4.69, 9.17) is 4.74 Å². The standard InChI is InChI=1S/C20H25N3O2/c1-3-16-9-10-21-18(11-16)12-22-20(24)23-13-15(2)25-19(14-23)17-7-5-4-6-8-17/h4-11,15,19H,3,12-14H2,1-2H3,(H,22,24)/t15-,19+/m0/s1. The Balaban J connectivity index is 1.61. The van der Waals surface area contributed by atoms with Crippen LogP contribution in [0.15, 0.2) is 48.7 Å². The van der Waals surface area contributed by atoms with E-state index in [-0.39, 0.29) is 18.2 Å². The van der Waals surface area contributed by atoms with Crippen LogP contribution in [0.2, 0.25) is 0 Å². The summed E-state index contributed by atoms with van der Waals surface area (Å²) < 4.78 is 6.01. The molecule has 25 heavy (non-hydrogen) atoms. The van der Waals surface area contributed by atoms with Crippen molar-refractivity contribution in [2.24, 2.45) is 0 Å². The summed E-state index contributed by atoms with van der Waals surface area (Å²) >= 11 is 0. The molecule has 0 saturated carbocycles. The van der Waals surface area contributed by atoms with Gasteiger partial charge in [-0.15, -0.1) is 0 Å². The van der Waals surface area contributed by atoms with Gasteiger partial charge in [0.15, 0.2) is 0 Å². The summed E-state index contributed by atoms with van der Waals surface area (Å²) in [6.45, 7) is 5.70. The Morgan fingerprint density at radius 2 is 2.08 bits per heavy atom. The molecule has 1 N–H and O–H groups in total. The highest BCUT2D eigenvalue weighted by atomic mass is 16.5. The maximum absolute atomic E-state index is 12.6. The van der Waals surface area contributed by atoms with Crippen molar-refractivity contribution in [3.8, 4) is 0 Å². The summed E-state index contributed by atoms with van der Waals surface area (Å²) in [4.78, 5) is 18.7. The van der Waals surface area contributed by atoms with Crippen LogP contribution in [0.5, 0.6) is 0 Å². The molecule has 0 unspecified atom stereocenters. The first-order valence-electron chi connectivity index (χ1n) is 8.82. The molecular weight excluding hydrogens is 314 g/mol. The van der Waals surface area contributed by atoms with E-state index in [1.165, 1.54) is 5.56 Å². The average molecular weight is 339 g/mol. The molecule has 1 aromatic carbocycles. The number of nitrogens with one attached hydrogen (secondary N) is 1. The largest absolute Gasteiger partial charge is 0.367 e. The highest BCUT2D eigenvalue weighted by molar-refractivity contribution is 5.74. The smallest absolute Gasteiger partial charge is 0.317 e. The van der Waals surface area contributed by atoms with Crippen LogP contribution in [0, 0.1) is 0 Å². The van der Waals surface area contributed by atoms with Gasteiger partial charge in [-0.05, 0) is 36.6 Å². The normalized spacial score (nSPS) is 20.3. The molecule has 0 radical (unpaired) electrons. The van der Waals surface area contributed by atoms with Gasteiger partial charge in [-0.25, -0.2) is 4.79 Å². The van der Waals surface area contributed by atoms with Crippen LogP contribution in [0.25, 0.3) is 0 Å². The third-order valence-electron chi connectivity index (χ3n) is 4.43. The third kappa shape index (κ3) is 4.57. The van der Waals surface area contributed by atoms with E-state index < -0.39 is 0 Å². The average Bonchev–Trinajstić information content (AvgIpc) is 2.66. The summed E-state index contributed by atoms with van der Waals surface area (Å²) in [7, 11) is 0. The zero-order valence-corrected chi connectivity index (χ0v) is 14.8. The molecule has 1 aromatic heterocycles. The van der Waals surface area contributed by atoms with Crippen molar-refractivity contribution in [3.05, 3.63) is 65.5 Å². The zero-order valence-electron chi connectivity index (χ0n) is 14.8. The van der Waals surface area contributed by atoms with Crippen molar-refractivity contribution in [2.75, 3.05) is 13.1 Å². The number of amides is 2. The molecule has 1 aliphatic heterocycles. The maximum atomic E-state index is 12.6. The maximum Gasteiger partial charge on any atom is 0.317 e. The zero-order chi connectivity index (χ0) is 17.6. The highest BCUT2D eigenvalue weighted by Crippen LogP contribution is 2.25. The van der Waals surface area contributed by atoms with Gasteiger partial charge < -0.3 is 15.0 Å². The number of ether oxygens (including phenoxy) is 1. The van der Waals surface area contributed by atoms with Crippen LogP contribution in [0.1, 0.15) is 36.8 Å². The molecule has 1 fully saturated rings. The highest BCUT2D eigenvalue weighted by Gasteiger charge is 2.29. The summed E-state index contributed by atoms with van der Waals surface area (Å²) in [5.41, 5.74) is 3.21. The van der Waals surface area contributed by atoms with E-state index >= 15 is 0 Å². The lowest BCUT2D eigenvalue weighted by molar-refractivity contribution is -0.0657. The molecule has 0 spiro atoms. The van der Waals surface area contributed by atoms with E-state index in [1.807, 2.05) is 54.3 Å². The molecule has 3 rings (SSSR count). The van der Waals surface area contributed by atoms with E-state index in [1.54, 1.807) is 6.20 Å². The van der Waals surface area contributed by atoms with Gasteiger partial charge in [-0.1, -0.05) is 37.3 Å². The molecule has 0 aliphatic carbocycles. The van der Waals surface area contributed by atoms with E-state index in [0.29, 0.717) is 19.6 Å². The lowest BCUT2D eigenvalue weighted by Gasteiger charge is -2.37. The fraction of sp³-hybridized carbons (Fsp3) is 0.400. The number of nitrogens with zero attached hydrogens (tertiary/aromatic N) is 2. The summed E-state index contributed by atoms with van der Waals surface area (Å²) in [5.74, 6) is 0. The second kappa shape index (κ2) is 8.12. The number of carbonyl (C=O) groups excluding carboxylic acids is 1. The number of hydrogen-bond donors (Lipinski definition) is 1. The van der Waals surface area contributed by atoms with Gasteiger partial charge in [0.1, 0.15) is 6.10 Å². The molecule has 132 valence electrons. The van der Waals surface area contributed by atoms with E-state index in [9.17, 15) is 4.79 Å². The topological polar surface area (TPSA) is 54.5 Å². The Morgan fingerprint density at radius 3 is 2.84 bits per heavy atom. The summed E-state index contributed by atoms with van der Waals surface area (Å²) in [5, 5.41) is 2.98. The predicted molar refractivity (Wildman–Crippen MR) is 97.2 cm³/mol. The Bertz CT molecular complexity index is 705. The molecule has 5 heteroatoms. The molecule has 1 aliphatic rings. The first-order chi connectivity index (χ1) is 12.2. The van der Waals surface area contributed by atoms with Gasteiger partial charge in [0.2, 0.25) is 0 Å². The minimum atomic E-state index is -0.0859. The monoisotopic (exact) mass is 339 g/mol. The number of rotatable bonds is 4. The molecular formula is C20H25N3O2. The molecule has 2 heterocycles. The van der Waals surface area contributed by atoms with Crippen LogP contribution in [-0.2, 0) is 17.7 Å². The fourth-order valence-corrected chi connectivity index (χ4v) is 3.09. The number of morpholine rings is 1. The van der Waals surface area contributed by atoms with Crippen LogP contribution in [0.3, 0.4) is 0 Å². The van der Waals surface area contributed by atoms with Gasteiger partial charge >= 0.3 is 6.03 Å². The Hall–Kier alpha value is -2.40. The van der Waals surface area contributed by atoms with Crippen LogP contribution >= 0.6 is 0 Å². The summed E-state index contributed by atoms with van der Waals surface area (Å²) in [6, 6.07) is 14.0. The number of carbonyl (C=O) groups is 1. The van der Waals surface area contributed by atoms with Crippen molar-refractivity contribution >= 4 is 6.03 Å². The minimum Gasteiger partial charge on any atom is -0.367 e. The van der Waals surface area contributed by atoms with Crippen LogP contribution in [0.4, 0.5) is 4.79 Å². The lowest BCUT2D eigenvalue weighted by atomic mass is 10.1. The van der Waals surface area contributed by atoms with Crippen molar-refractivity contribution in [1.82, 2.24) is 15.2 Å². The van der Waals surface area contributed by atoms with Crippen molar-refractivity contribution in [3.63, 3.8) is 0 Å². The van der Waals surface area contributed by atoms with Crippen molar-refractivity contribution < 1.29 is 9.53 Å². The number of hydrogen-bond acceptors (Lipinski definition) is 3. The second-order valence-corrected chi connectivity index (χ2v) is 6.42. The van der Waals surface area contributed by atoms with Gasteiger partial charge in [0, 0.05) is 12.7 Å². The molecule has 2 amide bonds. The second-order valence-electron chi connectivity index (χ2n) is 6.42. The SMILES string of the molecule is CCc1ccnc(CNC(=O)N2C[C@H](C)O[C@@H](c3ccccc3)C2)c1. The number of benzene rings is 1. The van der Waals surface area contributed by atoms with E-state index in [0.717, 1.165) is 17.7 Å². The third-order valence-corrected chi connectivity index (χ3v) is 4.43. The quantitative estimate of drug-likeness (QED) is 0.930. The lowest BCUT2D eigenvalue weighted by Crippen LogP contribution is -2.49. The predicted octanol–water partition coefficient (Wildman–Crippen LogP) is 3.32. The van der Waals surface area contributed by atoms with Gasteiger partial charge in [0.25, 0.3) is 0 Å². The first kappa shape index (κ1) is 17.4. The van der Waals surface area contributed by atoms with E-state index in [2.05, 4.69) is 17.2 Å². The Morgan fingerprint density at radius 1 is 1.28 bits per heavy atom. The van der Waals surface area contributed by atoms with Crippen LogP contribution in [-0.4, -0.2) is 35.1 Å². The molecule has 0 bridgehead atoms. The number of aromatic nitrogens is 1. The summed E-state index contributed by atoms with van der Waals surface area (Å²) in [6.07, 6.45) is 2.68. The fourth-order valence-electron chi connectivity index (χ4n) is 3.09. The number of aryl methyl sites for hydroxylation is 1. The van der Waals surface area contributed by atoms with Crippen molar-refractivity contribution in [2.45, 2.75) is 39.0 Å². The molecule has 2 aromatic rings. The first-order valence-corrected chi connectivity index (χ1v) is 8.82. The number of pyridine rings is 1. The molecule has 1 saturated heterocycles. The van der Waals surface area contributed by atoms with Gasteiger partial charge in [0.05, 0.1) is 24.9 Å². The Labute approximate surface area is 149 Å². The van der Waals surface area contributed by atoms with Crippen LogP contribution < -0.4 is 5.32 Å². The molecule has 2 atom stereocenters.